The fourth-order valence-corrected chi connectivity index (χ4v) is 2.69. The summed E-state index contributed by atoms with van der Waals surface area (Å²) >= 11 is 7.69. The van der Waals surface area contributed by atoms with Crippen LogP contribution < -0.4 is 5.32 Å². The maximum absolute atomic E-state index is 11.3. The van der Waals surface area contributed by atoms with Crippen LogP contribution in [0.2, 0.25) is 5.02 Å². The highest BCUT2D eigenvalue weighted by Crippen LogP contribution is 2.26. The van der Waals surface area contributed by atoms with Crippen LogP contribution in [0.1, 0.15) is 25.3 Å². The van der Waals surface area contributed by atoms with E-state index < -0.39 is 0 Å². The molecule has 104 valence electrons. The van der Waals surface area contributed by atoms with E-state index in [9.17, 15) is 4.79 Å². The number of rotatable bonds is 7. The minimum absolute atomic E-state index is 0.192. The second-order valence-corrected chi connectivity index (χ2v) is 5.96. The van der Waals surface area contributed by atoms with Crippen molar-refractivity contribution in [2.75, 3.05) is 12.4 Å². The smallest absolute Gasteiger partial charge is 0.316 e. The number of hydrogen-bond acceptors (Lipinski definition) is 4. The number of ether oxygens (including phenoxy) is 1. The predicted molar refractivity (Wildman–Crippen MR) is 78.7 cm³/mol. The highest BCUT2D eigenvalue weighted by molar-refractivity contribution is 8.00. The van der Waals surface area contributed by atoms with Gasteiger partial charge < -0.3 is 10.1 Å². The summed E-state index contributed by atoms with van der Waals surface area (Å²) in [5, 5.41) is 4.19. The second kappa shape index (κ2) is 7.17. The van der Waals surface area contributed by atoms with Crippen LogP contribution in [0.25, 0.3) is 0 Å². The van der Waals surface area contributed by atoms with Crippen LogP contribution in [-0.4, -0.2) is 24.4 Å². The molecule has 0 atom stereocenters. The molecule has 0 aromatic heterocycles. The van der Waals surface area contributed by atoms with Gasteiger partial charge in [-0.3, -0.25) is 4.79 Å². The molecule has 0 unspecified atom stereocenters. The first-order chi connectivity index (χ1) is 9.19. The van der Waals surface area contributed by atoms with E-state index in [0.29, 0.717) is 18.4 Å². The van der Waals surface area contributed by atoms with Crippen molar-refractivity contribution in [2.24, 2.45) is 0 Å². The standard InChI is InChI=1S/C14H18ClNO2S/c1-2-18-14(17)9-19-12-6-3-10(13(15)7-12)8-16-11-4-5-11/h3,6-7,11,16H,2,4-5,8-9H2,1H3. The second-order valence-electron chi connectivity index (χ2n) is 4.50. The molecule has 1 N–H and O–H groups in total. The molecule has 19 heavy (non-hydrogen) atoms. The largest absolute Gasteiger partial charge is 0.465 e. The minimum Gasteiger partial charge on any atom is -0.465 e. The lowest BCUT2D eigenvalue weighted by Gasteiger charge is -2.08. The molecule has 1 aromatic carbocycles. The molecule has 0 amide bonds. The third-order valence-corrected chi connectivity index (χ3v) is 4.16. The summed E-state index contributed by atoms with van der Waals surface area (Å²) in [5.41, 5.74) is 1.11. The number of carbonyl (C=O) groups is 1. The zero-order valence-corrected chi connectivity index (χ0v) is 12.5. The Labute approximate surface area is 123 Å². The third-order valence-electron chi connectivity index (χ3n) is 2.85. The number of benzene rings is 1. The third kappa shape index (κ3) is 5.05. The van der Waals surface area contributed by atoms with E-state index in [0.717, 1.165) is 22.0 Å². The Bertz CT molecular complexity index is 449. The van der Waals surface area contributed by atoms with Gasteiger partial charge in [-0.2, -0.15) is 0 Å². The van der Waals surface area contributed by atoms with Gasteiger partial charge in [-0.1, -0.05) is 17.7 Å². The van der Waals surface area contributed by atoms with Gasteiger partial charge in [0.05, 0.1) is 12.4 Å². The molecular formula is C14H18ClNO2S. The highest BCUT2D eigenvalue weighted by atomic mass is 35.5. The van der Waals surface area contributed by atoms with Gasteiger partial charge in [-0.25, -0.2) is 0 Å². The van der Waals surface area contributed by atoms with Crippen molar-refractivity contribution in [3.63, 3.8) is 0 Å². The van der Waals surface area contributed by atoms with Gasteiger partial charge in [0, 0.05) is 22.5 Å². The summed E-state index contributed by atoms with van der Waals surface area (Å²) in [6.45, 7) is 3.04. The molecule has 3 nitrogen and oxygen atoms in total. The van der Waals surface area contributed by atoms with Crippen molar-refractivity contribution < 1.29 is 9.53 Å². The summed E-state index contributed by atoms with van der Waals surface area (Å²) in [6.07, 6.45) is 2.54. The molecule has 0 radical (unpaired) electrons. The summed E-state index contributed by atoms with van der Waals surface area (Å²) < 4.78 is 4.89. The first-order valence-corrected chi connectivity index (χ1v) is 7.85. The lowest BCUT2D eigenvalue weighted by atomic mass is 10.2. The van der Waals surface area contributed by atoms with Gasteiger partial charge in [0.25, 0.3) is 0 Å². The van der Waals surface area contributed by atoms with Gasteiger partial charge >= 0.3 is 5.97 Å². The van der Waals surface area contributed by atoms with Crippen molar-refractivity contribution in [3.05, 3.63) is 28.8 Å². The maximum Gasteiger partial charge on any atom is 0.316 e. The monoisotopic (exact) mass is 299 g/mol. The van der Waals surface area contributed by atoms with E-state index in [4.69, 9.17) is 16.3 Å². The SMILES string of the molecule is CCOC(=O)CSc1ccc(CNC2CC2)c(Cl)c1. The fourth-order valence-electron chi connectivity index (χ4n) is 1.65. The van der Waals surface area contributed by atoms with Crippen LogP contribution in [0.15, 0.2) is 23.1 Å². The van der Waals surface area contributed by atoms with E-state index >= 15 is 0 Å². The van der Waals surface area contributed by atoms with Crippen molar-refractivity contribution in [2.45, 2.75) is 37.2 Å². The molecule has 1 aliphatic rings. The lowest BCUT2D eigenvalue weighted by molar-refractivity contribution is -0.139. The van der Waals surface area contributed by atoms with Crippen molar-refractivity contribution in [1.29, 1.82) is 0 Å². The molecule has 1 saturated carbocycles. The Hall–Kier alpha value is -0.710. The number of carbonyl (C=O) groups excluding carboxylic acids is 1. The zero-order chi connectivity index (χ0) is 13.7. The molecule has 2 rings (SSSR count). The van der Waals surface area contributed by atoms with Gasteiger partial charge in [0.1, 0.15) is 0 Å². The van der Waals surface area contributed by atoms with Gasteiger partial charge in [0.15, 0.2) is 0 Å². The predicted octanol–water partition coefficient (Wildman–Crippen LogP) is 3.25. The summed E-state index contributed by atoms with van der Waals surface area (Å²) in [7, 11) is 0. The normalized spacial score (nSPS) is 14.4. The topological polar surface area (TPSA) is 38.3 Å². The molecule has 0 spiro atoms. The van der Waals surface area contributed by atoms with E-state index in [-0.39, 0.29) is 5.97 Å². The van der Waals surface area contributed by atoms with Crippen LogP contribution in [0.4, 0.5) is 0 Å². The average Bonchev–Trinajstić information content (AvgIpc) is 3.20. The molecule has 1 aliphatic carbocycles. The Morgan fingerprint density at radius 1 is 1.53 bits per heavy atom. The number of nitrogens with one attached hydrogen (secondary N) is 1. The summed E-state index contributed by atoms with van der Waals surface area (Å²) in [6, 6.07) is 6.61. The molecular weight excluding hydrogens is 282 g/mol. The number of hydrogen-bond donors (Lipinski definition) is 1. The summed E-state index contributed by atoms with van der Waals surface area (Å²) in [5.74, 6) is 0.132. The first kappa shape index (κ1) is 14.7. The number of thioether (sulfide) groups is 1. The van der Waals surface area contributed by atoms with Crippen LogP contribution in [0, 0.1) is 0 Å². The van der Waals surface area contributed by atoms with E-state index in [1.807, 2.05) is 18.2 Å². The Morgan fingerprint density at radius 2 is 2.32 bits per heavy atom. The van der Waals surface area contributed by atoms with Gasteiger partial charge in [0.2, 0.25) is 0 Å². The lowest BCUT2D eigenvalue weighted by Crippen LogP contribution is -2.15. The molecule has 1 fully saturated rings. The molecule has 1 aromatic rings. The number of esters is 1. The first-order valence-electron chi connectivity index (χ1n) is 6.49. The fraction of sp³-hybridized carbons (Fsp3) is 0.500. The van der Waals surface area contributed by atoms with Crippen molar-refractivity contribution in [3.8, 4) is 0 Å². The van der Waals surface area contributed by atoms with Gasteiger partial charge in [-0.05, 0) is 37.5 Å². The van der Waals surface area contributed by atoms with Gasteiger partial charge in [-0.15, -0.1) is 11.8 Å². The maximum atomic E-state index is 11.3. The van der Waals surface area contributed by atoms with E-state index in [2.05, 4.69) is 5.32 Å². The summed E-state index contributed by atoms with van der Waals surface area (Å²) in [4.78, 5) is 12.3. The minimum atomic E-state index is -0.192. The molecule has 0 heterocycles. The van der Waals surface area contributed by atoms with Crippen molar-refractivity contribution >= 4 is 29.3 Å². The van der Waals surface area contributed by atoms with Crippen LogP contribution in [0.3, 0.4) is 0 Å². The Morgan fingerprint density at radius 3 is 2.95 bits per heavy atom. The molecule has 0 bridgehead atoms. The van der Waals surface area contributed by atoms with Crippen LogP contribution >= 0.6 is 23.4 Å². The Balaban J connectivity index is 1.84. The molecule has 0 aliphatic heterocycles. The van der Waals surface area contributed by atoms with E-state index in [1.165, 1.54) is 24.6 Å². The highest BCUT2D eigenvalue weighted by Gasteiger charge is 2.20. The molecule has 0 saturated heterocycles. The number of halogens is 1. The van der Waals surface area contributed by atoms with Crippen LogP contribution in [-0.2, 0) is 16.1 Å². The molecule has 5 heteroatoms. The quantitative estimate of drug-likeness (QED) is 0.619. The average molecular weight is 300 g/mol. The van der Waals surface area contributed by atoms with Crippen molar-refractivity contribution in [1.82, 2.24) is 5.32 Å². The zero-order valence-electron chi connectivity index (χ0n) is 10.9. The Kier molecular flexibility index (Phi) is 5.55. The van der Waals surface area contributed by atoms with Crippen LogP contribution in [0.5, 0.6) is 0 Å². The van der Waals surface area contributed by atoms with E-state index in [1.54, 1.807) is 6.92 Å².